The Labute approximate surface area is 157 Å². The molecule has 3 rings (SSSR count). The third-order valence-corrected chi connectivity index (χ3v) is 5.17. The molecule has 0 aliphatic carbocycles. The van der Waals surface area contributed by atoms with Crippen LogP contribution in [0.1, 0.15) is 48.7 Å². The molecular weight excluding hydrogens is 354 g/mol. The molecule has 8 nitrogen and oxygen atoms in total. The van der Waals surface area contributed by atoms with Gasteiger partial charge in [0.15, 0.2) is 0 Å². The predicted octanol–water partition coefficient (Wildman–Crippen LogP) is 1.51. The molecule has 2 heterocycles. The molecule has 1 aromatic rings. The molecule has 1 saturated heterocycles. The maximum Gasteiger partial charge on any atom is 0.410 e. The van der Waals surface area contributed by atoms with Gasteiger partial charge in [-0.25, -0.2) is 9.59 Å². The van der Waals surface area contributed by atoms with Gasteiger partial charge in [-0.05, 0) is 33.3 Å². The van der Waals surface area contributed by atoms with E-state index in [1.54, 1.807) is 26.8 Å². The average molecular weight is 379 g/mol. The molecule has 2 aliphatic heterocycles. The van der Waals surface area contributed by atoms with Crippen molar-refractivity contribution in [3.05, 3.63) is 28.8 Å². The van der Waals surface area contributed by atoms with Gasteiger partial charge in [0, 0.05) is 17.7 Å². The summed E-state index contributed by atoms with van der Waals surface area (Å²) in [6, 6.07) is 3.06. The molecule has 1 spiro atoms. The van der Waals surface area contributed by atoms with Gasteiger partial charge in [0.25, 0.3) is 0 Å². The fraction of sp³-hybridized carbons (Fsp3) is 0.579. The first kappa shape index (κ1) is 19.4. The lowest BCUT2D eigenvalue weighted by Crippen LogP contribution is -2.56. The Balaban J connectivity index is 1.87. The van der Waals surface area contributed by atoms with Gasteiger partial charge in [0.05, 0.1) is 30.2 Å². The number of β-amino-alcohol motifs (C(OH)–C–C–N with tert-alkyl or cyclic N) is 1. The van der Waals surface area contributed by atoms with Gasteiger partial charge >= 0.3 is 12.1 Å². The number of amides is 1. The SMILES string of the molecule is CC(C)(C)OC(=O)N1CCC2(COc3c2ccc(C(=O)O)c3CO)C(O)C1. The summed E-state index contributed by atoms with van der Waals surface area (Å²) in [5.41, 5.74) is -0.501. The number of fused-ring (bicyclic) bond motifs is 2. The summed E-state index contributed by atoms with van der Waals surface area (Å²) in [4.78, 5) is 25.1. The van der Waals surface area contributed by atoms with E-state index in [4.69, 9.17) is 9.47 Å². The normalized spacial score (nSPS) is 24.5. The molecule has 8 heteroatoms. The topological polar surface area (TPSA) is 117 Å². The molecule has 1 fully saturated rings. The zero-order valence-electron chi connectivity index (χ0n) is 15.7. The summed E-state index contributed by atoms with van der Waals surface area (Å²) in [6.45, 7) is 5.51. The highest BCUT2D eigenvalue weighted by Gasteiger charge is 2.51. The van der Waals surface area contributed by atoms with Gasteiger partial charge in [-0.2, -0.15) is 0 Å². The number of carboxylic acid groups (broad SMARTS) is 1. The zero-order chi connectivity index (χ0) is 20.0. The standard InChI is InChI=1S/C19H25NO7/c1-18(2,3)27-17(25)20-7-6-19(14(22)8-20)10-26-15-12(9-21)11(16(23)24)4-5-13(15)19/h4-5,14,21-22H,6-10H2,1-3H3,(H,23,24). The summed E-state index contributed by atoms with van der Waals surface area (Å²) >= 11 is 0. The lowest BCUT2D eigenvalue weighted by atomic mass is 9.72. The number of carbonyl (C=O) groups is 2. The number of benzene rings is 1. The van der Waals surface area contributed by atoms with Crippen LogP contribution in [-0.2, 0) is 16.8 Å². The highest BCUT2D eigenvalue weighted by molar-refractivity contribution is 5.90. The largest absolute Gasteiger partial charge is 0.492 e. The summed E-state index contributed by atoms with van der Waals surface area (Å²) in [6.07, 6.45) is -0.937. The second-order valence-electron chi connectivity index (χ2n) is 8.07. The van der Waals surface area contributed by atoms with Gasteiger partial charge in [-0.15, -0.1) is 0 Å². The van der Waals surface area contributed by atoms with E-state index in [2.05, 4.69) is 0 Å². The first-order valence-electron chi connectivity index (χ1n) is 8.88. The van der Waals surface area contributed by atoms with Crippen molar-refractivity contribution in [2.45, 2.75) is 50.9 Å². The Kier molecular flexibility index (Phi) is 4.81. The number of carbonyl (C=O) groups excluding carboxylic acids is 1. The van der Waals surface area contributed by atoms with E-state index in [-0.39, 0.29) is 24.3 Å². The Bertz CT molecular complexity index is 770. The lowest BCUT2D eigenvalue weighted by molar-refractivity contribution is -0.0281. The second kappa shape index (κ2) is 6.69. The molecule has 27 heavy (non-hydrogen) atoms. The van der Waals surface area contributed by atoms with Crippen LogP contribution in [0.25, 0.3) is 0 Å². The van der Waals surface area contributed by atoms with Crippen LogP contribution < -0.4 is 4.74 Å². The van der Waals surface area contributed by atoms with Gasteiger partial charge < -0.3 is 29.7 Å². The molecule has 1 amide bonds. The van der Waals surface area contributed by atoms with E-state index in [0.717, 1.165) is 0 Å². The fourth-order valence-corrected chi connectivity index (χ4v) is 3.77. The number of ether oxygens (including phenoxy) is 2. The number of carboxylic acids is 1. The number of rotatable bonds is 2. The van der Waals surface area contributed by atoms with Crippen LogP contribution in [0.4, 0.5) is 4.79 Å². The molecule has 0 radical (unpaired) electrons. The first-order chi connectivity index (χ1) is 12.6. The van der Waals surface area contributed by atoms with E-state index in [0.29, 0.717) is 24.3 Å². The minimum Gasteiger partial charge on any atom is -0.492 e. The van der Waals surface area contributed by atoms with Gasteiger partial charge in [0.2, 0.25) is 0 Å². The average Bonchev–Trinajstić information content (AvgIpc) is 2.94. The third kappa shape index (κ3) is 3.35. The van der Waals surface area contributed by atoms with Crippen molar-refractivity contribution in [1.82, 2.24) is 4.90 Å². The van der Waals surface area contributed by atoms with Crippen molar-refractivity contribution in [3.63, 3.8) is 0 Å². The minimum atomic E-state index is -1.15. The smallest absolute Gasteiger partial charge is 0.410 e. The Morgan fingerprint density at radius 2 is 2.07 bits per heavy atom. The van der Waals surface area contributed by atoms with Crippen molar-refractivity contribution >= 4 is 12.1 Å². The molecule has 2 atom stereocenters. The number of aromatic carboxylic acids is 1. The fourth-order valence-electron chi connectivity index (χ4n) is 3.77. The maximum atomic E-state index is 12.3. The van der Waals surface area contributed by atoms with Crippen LogP contribution >= 0.6 is 0 Å². The van der Waals surface area contributed by atoms with E-state index in [1.165, 1.54) is 11.0 Å². The maximum absolute atomic E-state index is 12.3. The molecule has 2 unspecified atom stereocenters. The minimum absolute atomic E-state index is 0.0195. The Morgan fingerprint density at radius 3 is 2.63 bits per heavy atom. The third-order valence-electron chi connectivity index (χ3n) is 5.17. The van der Waals surface area contributed by atoms with Crippen LogP contribution in [-0.4, -0.2) is 63.7 Å². The summed E-state index contributed by atoms with van der Waals surface area (Å²) in [5.74, 6) is -0.825. The number of nitrogens with zero attached hydrogens (tertiary/aromatic N) is 1. The summed E-state index contributed by atoms with van der Waals surface area (Å²) in [5, 5.41) is 29.8. The number of piperidine rings is 1. The molecule has 148 valence electrons. The molecule has 1 aromatic carbocycles. The molecule has 2 aliphatic rings. The van der Waals surface area contributed by atoms with E-state index in [1.807, 2.05) is 0 Å². The Hall–Kier alpha value is -2.32. The van der Waals surface area contributed by atoms with Crippen molar-refractivity contribution in [2.75, 3.05) is 19.7 Å². The van der Waals surface area contributed by atoms with E-state index in [9.17, 15) is 24.9 Å². The van der Waals surface area contributed by atoms with Crippen LogP contribution in [0.2, 0.25) is 0 Å². The van der Waals surface area contributed by atoms with E-state index < -0.39 is 35.8 Å². The zero-order valence-corrected chi connectivity index (χ0v) is 15.7. The monoisotopic (exact) mass is 379 g/mol. The van der Waals surface area contributed by atoms with Gasteiger partial charge in [0.1, 0.15) is 18.0 Å². The Morgan fingerprint density at radius 1 is 1.37 bits per heavy atom. The van der Waals surface area contributed by atoms with Gasteiger partial charge in [-0.3, -0.25) is 0 Å². The van der Waals surface area contributed by atoms with Crippen molar-refractivity contribution in [3.8, 4) is 5.75 Å². The number of aliphatic hydroxyl groups is 2. The highest BCUT2D eigenvalue weighted by Crippen LogP contribution is 2.48. The van der Waals surface area contributed by atoms with Crippen molar-refractivity contribution in [1.29, 1.82) is 0 Å². The van der Waals surface area contributed by atoms with Crippen LogP contribution in [0.5, 0.6) is 5.75 Å². The molecular formula is C19H25NO7. The van der Waals surface area contributed by atoms with Crippen LogP contribution in [0.3, 0.4) is 0 Å². The number of hydrogen-bond acceptors (Lipinski definition) is 6. The molecule has 0 saturated carbocycles. The first-order valence-corrected chi connectivity index (χ1v) is 8.88. The van der Waals surface area contributed by atoms with Crippen molar-refractivity contribution in [2.24, 2.45) is 0 Å². The number of likely N-dealkylation sites (tertiary alicyclic amines) is 1. The van der Waals surface area contributed by atoms with Crippen LogP contribution in [0, 0.1) is 0 Å². The van der Waals surface area contributed by atoms with E-state index >= 15 is 0 Å². The molecule has 3 N–H and O–H groups in total. The predicted molar refractivity (Wildman–Crippen MR) is 94.9 cm³/mol. The molecule has 0 bridgehead atoms. The van der Waals surface area contributed by atoms with Crippen molar-refractivity contribution < 1.29 is 34.4 Å². The number of hydrogen-bond donors (Lipinski definition) is 3. The summed E-state index contributed by atoms with van der Waals surface area (Å²) < 4.78 is 11.1. The van der Waals surface area contributed by atoms with Gasteiger partial charge in [-0.1, -0.05) is 6.07 Å². The highest BCUT2D eigenvalue weighted by atomic mass is 16.6. The second-order valence-corrected chi connectivity index (χ2v) is 8.07. The summed E-state index contributed by atoms with van der Waals surface area (Å²) in [7, 11) is 0. The van der Waals surface area contributed by atoms with Crippen LogP contribution in [0.15, 0.2) is 12.1 Å². The quantitative estimate of drug-likeness (QED) is 0.713. The number of aliphatic hydroxyl groups excluding tert-OH is 2. The molecule has 0 aromatic heterocycles. The lowest BCUT2D eigenvalue weighted by Gasteiger charge is -2.42.